The largest absolute Gasteiger partial charge is 0.505 e. The molecule has 0 saturated heterocycles. The van der Waals surface area contributed by atoms with Gasteiger partial charge < -0.3 is 20.1 Å². The molecule has 1 amide bonds. The van der Waals surface area contributed by atoms with E-state index in [0.29, 0.717) is 27.3 Å². The maximum atomic E-state index is 14.0. The predicted molar refractivity (Wildman–Crippen MR) is 149 cm³/mol. The summed E-state index contributed by atoms with van der Waals surface area (Å²) in [5, 5.41) is 25.4. The van der Waals surface area contributed by atoms with Gasteiger partial charge >= 0.3 is 5.97 Å². The summed E-state index contributed by atoms with van der Waals surface area (Å²) in [5.41, 5.74) is 2.04. The summed E-state index contributed by atoms with van der Waals surface area (Å²) in [6, 6.07) is 20.2. The molecule has 0 bridgehead atoms. The van der Waals surface area contributed by atoms with Crippen LogP contribution in [-0.4, -0.2) is 43.2 Å². The maximum Gasteiger partial charge on any atom is 0.303 e. The third-order valence-corrected chi connectivity index (χ3v) is 6.97. The van der Waals surface area contributed by atoms with Crippen LogP contribution in [0.15, 0.2) is 83.1 Å². The Morgan fingerprint density at radius 3 is 2.41 bits per heavy atom. The highest BCUT2D eigenvalue weighted by Gasteiger charge is 2.25. The quantitative estimate of drug-likeness (QED) is 0.234. The fourth-order valence-corrected chi connectivity index (χ4v) is 4.99. The van der Waals surface area contributed by atoms with Crippen LogP contribution in [-0.2, 0) is 11.3 Å². The van der Waals surface area contributed by atoms with Crippen LogP contribution in [0.5, 0.6) is 5.75 Å². The maximum absolute atomic E-state index is 14.0. The van der Waals surface area contributed by atoms with E-state index in [9.17, 15) is 19.5 Å². The minimum atomic E-state index is -0.966. The third kappa shape index (κ3) is 5.41. The molecule has 2 aromatic carbocycles. The highest BCUT2D eigenvalue weighted by Crippen LogP contribution is 2.37. The number of hydrogen-bond acceptors (Lipinski definition) is 7. The Labute approximate surface area is 227 Å². The molecule has 0 saturated carbocycles. The fraction of sp³-hybridized carbons (Fsp3) is 0.138. The van der Waals surface area contributed by atoms with Crippen LogP contribution in [0.4, 0.5) is 0 Å². The Kier molecular flexibility index (Phi) is 7.46. The number of aromatic hydroxyl groups is 1. The summed E-state index contributed by atoms with van der Waals surface area (Å²) in [5.74, 6) is -1.99. The number of carboxylic acids is 1. The minimum absolute atomic E-state index is 0.0969. The van der Waals surface area contributed by atoms with Crippen molar-refractivity contribution in [1.82, 2.24) is 19.9 Å². The van der Waals surface area contributed by atoms with Gasteiger partial charge in [0.1, 0.15) is 10.7 Å². The highest BCUT2D eigenvalue weighted by molar-refractivity contribution is 7.13. The molecule has 0 spiro atoms. The molecule has 196 valence electrons. The van der Waals surface area contributed by atoms with E-state index < -0.39 is 11.9 Å². The van der Waals surface area contributed by atoms with Crippen LogP contribution in [0.25, 0.3) is 32.7 Å². The number of amides is 1. The molecule has 0 radical (unpaired) electrons. The lowest BCUT2D eigenvalue weighted by Gasteiger charge is -2.18. The second-order valence-electron chi connectivity index (χ2n) is 8.81. The van der Waals surface area contributed by atoms with Crippen molar-refractivity contribution < 1.29 is 19.8 Å². The Balaban J connectivity index is 1.76. The first kappa shape index (κ1) is 25.8. The summed E-state index contributed by atoms with van der Waals surface area (Å²) in [4.78, 5) is 46.8. The van der Waals surface area contributed by atoms with Gasteiger partial charge in [-0.3, -0.25) is 14.4 Å². The predicted octanol–water partition coefficient (Wildman–Crippen LogP) is 4.54. The molecule has 0 unspecified atom stereocenters. The summed E-state index contributed by atoms with van der Waals surface area (Å²) in [6.45, 7) is 0.302. The van der Waals surface area contributed by atoms with Crippen molar-refractivity contribution in [3.05, 3.63) is 99.9 Å². The second kappa shape index (κ2) is 11.3. The lowest BCUT2D eigenvalue weighted by Crippen LogP contribution is -2.27. The van der Waals surface area contributed by atoms with E-state index in [2.05, 4.69) is 15.3 Å². The van der Waals surface area contributed by atoms with E-state index in [1.54, 1.807) is 22.2 Å². The van der Waals surface area contributed by atoms with E-state index in [0.717, 1.165) is 5.56 Å². The normalized spacial score (nSPS) is 11.0. The van der Waals surface area contributed by atoms with Gasteiger partial charge in [-0.05, 0) is 23.6 Å². The number of nitrogens with one attached hydrogen (secondary N) is 1. The number of fused-ring (bicyclic) bond motifs is 1. The van der Waals surface area contributed by atoms with Crippen molar-refractivity contribution in [2.45, 2.75) is 19.4 Å². The van der Waals surface area contributed by atoms with Gasteiger partial charge in [-0.25, -0.2) is 9.97 Å². The second-order valence-corrected chi connectivity index (χ2v) is 9.71. The van der Waals surface area contributed by atoms with Gasteiger partial charge in [-0.1, -0.05) is 60.7 Å². The average Bonchev–Trinajstić information content (AvgIpc) is 3.48. The summed E-state index contributed by atoms with van der Waals surface area (Å²) in [7, 11) is 0. The molecule has 0 aliphatic rings. The fourth-order valence-electron chi connectivity index (χ4n) is 4.36. The van der Waals surface area contributed by atoms with E-state index in [1.807, 2.05) is 60.7 Å². The monoisotopic (exact) mass is 540 g/mol. The summed E-state index contributed by atoms with van der Waals surface area (Å²) < 4.78 is 1.56. The zero-order valence-electron chi connectivity index (χ0n) is 20.7. The van der Waals surface area contributed by atoms with Crippen LogP contribution in [0, 0.1) is 0 Å². The zero-order valence-corrected chi connectivity index (χ0v) is 21.5. The molecular weight excluding hydrogens is 516 g/mol. The molecule has 9 nitrogen and oxygen atoms in total. The standard InChI is InChI=1S/C29H24N4O5S/c34-22(35)12-7-13-30-27(37)24-26(36)21-16-20(19-10-5-2-6-11-19)29(38)33(17-18-8-3-1-4-9-18)25(21)23(32-24)28-31-14-15-39-28/h1-6,8-11,14-16,36H,7,12-13,17H2,(H,30,37)(H,34,35). The van der Waals surface area contributed by atoms with Crippen LogP contribution in [0.2, 0.25) is 0 Å². The van der Waals surface area contributed by atoms with Gasteiger partial charge in [0.05, 0.1) is 12.1 Å². The Morgan fingerprint density at radius 2 is 1.74 bits per heavy atom. The smallest absolute Gasteiger partial charge is 0.303 e. The third-order valence-electron chi connectivity index (χ3n) is 6.19. The van der Waals surface area contributed by atoms with Gasteiger partial charge in [0.15, 0.2) is 11.4 Å². The molecule has 3 aromatic heterocycles. The number of carboxylic acid groups (broad SMARTS) is 1. The first-order valence-corrected chi connectivity index (χ1v) is 13.1. The lowest BCUT2D eigenvalue weighted by molar-refractivity contribution is -0.137. The molecule has 3 N–H and O–H groups in total. The Morgan fingerprint density at radius 1 is 1.03 bits per heavy atom. The van der Waals surface area contributed by atoms with Gasteiger partial charge in [0.2, 0.25) is 0 Å². The number of nitrogens with zero attached hydrogens (tertiary/aromatic N) is 3. The molecule has 5 aromatic rings. The number of thiazole rings is 1. The lowest BCUT2D eigenvalue weighted by atomic mass is 10.0. The molecule has 5 rings (SSSR count). The SMILES string of the molecule is O=C(O)CCCNC(=O)c1nc(-c2nccs2)c2c(cc(-c3ccccc3)c(=O)n2Cc2ccccc2)c1O. The number of pyridine rings is 2. The molecule has 0 aliphatic heterocycles. The number of rotatable bonds is 9. The number of aliphatic carboxylic acids is 1. The van der Waals surface area contributed by atoms with Crippen molar-refractivity contribution in [3.63, 3.8) is 0 Å². The van der Waals surface area contributed by atoms with Crippen LogP contribution in [0.1, 0.15) is 28.9 Å². The van der Waals surface area contributed by atoms with Gasteiger partial charge in [0, 0.05) is 35.5 Å². The van der Waals surface area contributed by atoms with Crippen molar-refractivity contribution in [2.75, 3.05) is 6.54 Å². The zero-order chi connectivity index (χ0) is 27.4. The summed E-state index contributed by atoms with van der Waals surface area (Å²) in [6.07, 6.45) is 1.72. The first-order chi connectivity index (χ1) is 18.9. The molecule has 0 aliphatic carbocycles. The minimum Gasteiger partial charge on any atom is -0.505 e. The van der Waals surface area contributed by atoms with E-state index in [-0.39, 0.29) is 48.3 Å². The van der Waals surface area contributed by atoms with Crippen molar-refractivity contribution in [3.8, 4) is 27.6 Å². The van der Waals surface area contributed by atoms with Crippen molar-refractivity contribution in [1.29, 1.82) is 0 Å². The topological polar surface area (TPSA) is 134 Å². The van der Waals surface area contributed by atoms with Crippen molar-refractivity contribution in [2.24, 2.45) is 0 Å². The Hall–Kier alpha value is -4.83. The molecule has 10 heteroatoms. The molecular formula is C29H24N4O5S. The van der Waals surface area contributed by atoms with E-state index in [1.165, 1.54) is 11.3 Å². The van der Waals surface area contributed by atoms with E-state index in [4.69, 9.17) is 5.11 Å². The number of carbonyl (C=O) groups is 2. The molecule has 0 fully saturated rings. The van der Waals surface area contributed by atoms with Crippen LogP contribution < -0.4 is 10.9 Å². The molecule has 0 atom stereocenters. The first-order valence-electron chi connectivity index (χ1n) is 12.2. The number of benzene rings is 2. The molecule has 39 heavy (non-hydrogen) atoms. The van der Waals surface area contributed by atoms with Gasteiger partial charge in [-0.2, -0.15) is 0 Å². The average molecular weight is 541 g/mol. The van der Waals surface area contributed by atoms with Gasteiger partial charge in [-0.15, -0.1) is 11.3 Å². The highest BCUT2D eigenvalue weighted by atomic mass is 32.1. The number of carbonyl (C=O) groups excluding carboxylic acids is 1. The number of hydrogen-bond donors (Lipinski definition) is 3. The Bertz CT molecular complexity index is 1700. The van der Waals surface area contributed by atoms with Gasteiger partial charge in [0.25, 0.3) is 11.5 Å². The van der Waals surface area contributed by atoms with Crippen LogP contribution >= 0.6 is 11.3 Å². The van der Waals surface area contributed by atoms with Crippen LogP contribution in [0.3, 0.4) is 0 Å². The molecule has 3 heterocycles. The van der Waals surface area contributed by atoms with E-state index >= 15 is 0 Å². The number of aromatic nitrogens is 3. The van der Waals surface area contributed by atoms with Crippen molar-refractivity contribution >= 4 is 34.1 Å². The summed E-state index contributed by atoms with van der Waals surface area (Å²) >= 11 is 1.30.